The molecule has 36 heavy (non-hydrogen) atoms. The maximum Gasteiger partial charge on any atom is 0.272 e. The van der Waals surface area contributed by atoms with Crippen LogP contribution >= 0.6 is 0 Å². The van der Waals surface area contributed by atoms with E-state index in [-0.39, 0.29) is 16.9 Å². The number of imide groups is 1. The van der Waals surface area contributed by atoms with Crippen LogP contribution in [0.5, 0.6) is 0 Å². The predicted octanol–water partition coefficient (Wildman–Crippen LogP) is 6.15. The second-order valence-electron chi connectivity index (χ2n) is 9.88. The lowest BCUT2D eigenvalue weighted by molar-refractivity contribution is -0.140. The van der Waals surface area contributed by atoms with Gasteiger partial charge in [-0.2, -0.15) is 5.26 Å². The normalized spacial score (nSPS) is 19.3. The highest BCUT2D eigenvalue weighted by molar-refractivity contribution is 6.27. The van der Waals surface area contributed by atoms with Crippen molar-refractivity contribution in [1.29, 1.82) is 5.26 Å². The summed E-state index contributed by atoms with van der Waals surface area (Å²) >= 11 is 0. The average molecular weight is 480 g/mol. The molecule has 0 radical (unpaired) electrons. The summed E-state index contributed by atoms with van der Waals surface area (Å²) in [6.07, 6.45) is 7.54. The van der Waals surface area contributed by atoms with Crippen molar-refractivity contribution < 1.29 is 9.59 Å². The molecule has 184 valence electrons. The van der Waals surface area contributed by atoms with Gasteiger partial charge in [-0.25, -0.2) is 0 Å². The van der Waals surface area contributed by atoms with Crippen LogP contribution < -0.4 is 4.90 Å². The summed E-state index contributed by atoms with van der Waals surface area (Å²) in [4.78, 5) is 30.5. The fourth-order valence-electron chi connectivity index (χ4n) is 5.25. The van der Waals surface area contributed by atoms with Gasteiger partial charge in [0.25, 0.3) is 11.8 Å². The molecule has 2 aromatic rings. The second-order valence-corrected chi connectivity index (χ2v) is 9.88. The first-order chi connectivity index (χ1) is 17.3. The molecule has 0 saturated carbocycles. The Balaban J connectivity index is 1.84. The number of nitriles is 1. The number of anilines is 1. The number of carbonyl (C=O) groups excluding carboxylic acids is 2. The van der Waals surface area contributed by atoms with Crippen LogP contribution in [-0.4, -0.2) is 30.3 Å². The highest BCUT2D eigenvalue weighted by Gasteiger charge is 2.39. The largest absolute Gasteiger partial charge is 0.347 e. The minimum Gasteiger partial charge on any atom is -0.347 e. The van der Waals surface area contributed by atoms with Crippen LogP contribution in [-0.2, 0) is 15.0 Å². The second kappa shape index (κ2) is 10.4. The number of allylic oxidation sites excluding steroid dienone is 3. The van der Waals surface area contributed by atoms with E-state index in [9.17, 15) is 14.9 Å². The lowest BCUT2D eigenvalue weighted by Gasteiger charge is -2.29. The highest BCUT2D eigenvalue weighted by atomic mass is 16.2. The Morgan fingerprint density at radius 3 is 2.28 bits per heavy atom. The Bertz CT molecular complexity index is 1310. The number of para-hydroxylation sites is 1. The Hall–Kier alpha value is -3.91. The van der Waals surface area contributed by atoms with E-state index in [1.165, 1.54) is 10.5 Å². The van der Waals surface area contributed by atoms with E-state index in [1.807, 2.05) is 55.6 Å². The number of rotatable bonds is 7. The number of hydrogen-bond donors (Lipinski definition) is 0. The van der Waals surface area contributed by atoms with Gasteiger partial charge in [0.1, 0.15) is 11.6 Å². The SMILES string of the molecule is CCCCCCN1C(=O)C(C#N)=C(c2ccccc2)/C(=C/C=C2/N(C)c3ccccc3C2(C)C)C1=O. The van der Waals surface area contributed by atoms with Crippen molar-refractivity contribution in [1.82, 2.24) is 4.90 Å². The summed E-state index contributed by atoms with van der Waals surface area (Å²) in [5.41, 5.74) is 4.62. The Morgan fingerprint density at radius 1 is 0.917 bits per heavy atom. The molecule has 5 heteroatoms. The maximum atomic E-state index is 13.8. The van der Waals surface area contributed by atoms with Crippen molar-refractivity contribution >= 4 is 23.1 Å². The van der Waals surface area contributed by atoms with E-state index in [2.05, 4.69) is 43.9 Å². The van der Waals surface area contributed by atoms with E-state index in [1.54, 1.807) is 6.08 Å². The van der Waals surface area contributed by atoms with Gasteiger partial charge >= 0.3 is 0 Å². The molecule has 2 aromatic carbocycles. The number of hydrogen-bond acceptors (Lipinski definition) is 4. The number of nitrogens with zero attached hydrogens (tertiary/aromatic N) is 3. The van der Waals surface area contributed by atoms with Gasteiger partial charge in [0.2, 0.25) is 0 Å². The number of unbranched alkanes of at least 4 members (excludes halogenated alkanes) is 3. The van der Waals surface area contributed by atoms with Crippen LogP contribution in [0, 0.1) is 11.3 Å². The number of benzene rings is 2. The molecule has 2 aliphatic heterocycles. The molecule has 2 amide bonds. The average Bonchev–Trinajstić information content (AvgIpc) is 3.08. The van der Waals surface area contributed by atoms with E-state index in [0.29, 0.717) is 23.3 Å². The standard InChI is InChI=1S/C31H33N3O2/c1-5-6-7-13-20-34-29(35)23(28(24(21-32)30(34)36)22-14-9-8-10-15-22)18-19-27-31(2,3)25-16-11-12-17-26(25)33(27)4/h8-12,14-19H,5-7,13,20H2,1-4H3/b23-18-,27-19+. The molecule has 0 bridgehead atoms. The summed E-state index contributed by atoms with van der Waals surface area (Å²) in [5, 5.41) is 10.0. The molecule has 0 N–H and O–H groups in total. The Kier molecular flexibility index (Phi) is 7.26. The number of carbonyl (C=O) groups is 2. The summed E-state index contributed by atoms with van der Waals surface area (Å²) < 4.78 is 0. The molecule has 0 spiro atoms. The van der Waals surface area contributed by atoms with Gasteiger partial charge in [0.15, 0.2) is 0 Å². The van der Waals surface area contributed by atoms with Crippen molar-refractivity contribution in [2.45, 2.75) is 51.9 Å². The molecule has 5 nitrogen and oxygen atoms in total. The quantitative estimate of drug-likeness (QED) is 0.271. The van der Waals surface area contributed by atoms with E-state index < -0.39 is 5.91 Å². The number of likely N-dealkylation sites (N-methyl/N-ethyl adjacent to an activating group) is 1. The van der Waals surface area contributed by atoms with Crippen molar-refractivity contribution in [3.8, 4) is 6.07 Å². The first kappa shape index (κ1) is 25.2. The fourth-order valence-corrected chi connectivity index (χ4v) is 5.25. The lowest BCUT2D eigenvalue weighted by atomic mass is 9.83. The van der Waals surface area contributed by atoms with E-state index in [0.717, 1.165) is 37.1 Å². The van der Waals surface area contributed by atoms with Crippen LogP contribution in [0.2, 0.25) is 0 Å². The van der Waals surface area contributed by atoms with Gasteiger partial charge in [-0.05, 0) is 35.8 Å². The first-order valence-corrected chi connectivity index (χ1v) is 12.6. The summed E-state index contributed by atoms with van der Waals surface area (Å²) in [6.45, 7) is 6.77. The van der Waals surface area contributed by atoms with Crippen molar-refractivity contribution in [3.05, 3.63) is 94.7 Å². The van der Waals surface area contributed by atoms with Crippen LogP contribution in [0.3, 0.4) is 0 Å². The van der Waals surface area contributed by atoms with Gasteiger partial charge in [0.05, 0.1) is 0 Å². The minimum atomic E-state index is -0.506. The molecule has 4 rings (SSSR count). The molecular formula is C31H33N3O2. The molecular weight excluding hydrogens is 446 g/mol. The van der Waals surface area contributed by atoms with E-state index >= 15 is 0 Å². The third-order valence-corrected chi connectivity index (χ3v) is 7.21. The van der Waals surface area contributed by atoms with Gasteiger partial charge in [-0.1, -0.05) is 88.6 Å². The molecule has 0 atom stereocenters. The third-order valence-electron chi connectivity index (χ3n) is 7.21. The molecule has 0 saturated heterocycles. The maximum absolute atomic E-state index is 13.8. The summed E-state index contributed by atoms with van der Waals surface area (Å²) in [7, 11) is 2.03. The van der Waals surface area contributed by atoms with Crippen molar-refractivity contribution in [3.63, 3.8) is 0 Å². The zero-order valence-electron chi connectivity index (χ0n) is 21.5. The Labute approximate surface area is 214 Å². The molecule has 0 fully saturated rings. The Morgan fingerprint density at radius 2 is 1.61 bits per heavy atom. The molecule has 2 heterocycles. The van der Waals surface area contributed by atoms with Gasteiger partial charge in [-0.3, -0.25) is 14.5 Å². The summed E-state index contributed by atoms with van der Waals surface area (Å²) in [5.74, 6) is -0.851. The molecule has 0 aliphatic carbocycles. The van der Waals surface area contributed by atoms with Crippen molar-refractivity contribution in [2.24, 2.45) is 0 Å². The monoisotopic (exact) mass is 479 g/mol. The third kappa shape index (κ3) is 4.40. The highest BCUT2D eigenvalue weighted by Crippen LogP contribution is 2.47. The van der Waals surface area contributed by atoms with Crippen LogP contribution in [0.1, 0.15) is 57.6 Å². The van der Waals surface area contributed by atoms with Crippen LogP contribution in [0.4, 0.5) is 5.69 Å². The predicted molar refractivity (Wildman–Crippen MR) is 144 cm³/mol. The van der Waals surface area contributed by atoms with Gasteiger partial charge < -0.3 is 4.90 Å². The first-order valence-electron chi connectivity index (χ1n) is 12.6. The zero-order valence-corrected chi connectivity index (χ0v) is 21.5. The zero-order chi connectivity index (χ0) is 25.9. The smallest absolute Gasteiger partial charge is 0.272 e. The van der Waals surface area contributed by atoms with Crippen LogP contribution in [0.15, 0.2) is 83.6 Å². The van der Waals surface area contributed by atoms with E-state index in [4.69, 9.17) is 0 Å². The minimum absolute atomic E-state index is 0.0169. The fraction of sp³-hybridized carbons (Fsp3) is 0.323. The number of amides is 2. The van der Waals surface area contributed by atoms with Gasteiger partial charge in [-0.15, -0.1) is 0 Å². The topological polar surface area (TPSA) is 64.4 Å². The number of fused-ring (bicyclic) bond motifs is 1. The molecule has 2 aliphatic rings. The van der Waals surface area contributed by atoms with Crippen molar-refractivity contribution in [2.75, 3.05) is 18.5 Å². The van der Waals surface area contributed by atoms with Crippen LogP contribution in [0.25, 0.3) is 5.57 Å². The summed E-state index contributed by atoms with van der Waals surface area (Å²) in [6, 6.07) is 19.7. The molecule has 0 unspecified atom stereocenters. The lowest BCUT2D eigenvalue weighted by Crippen LogP contribution is -2.43. The molecule has 0 aromatic heterocycles. The van der Waals surface area contributed by atoms with Gasteiger partial charge in [0, 0.05) is 41.5 Å².